The maximum Gasteiger partial charge on any atom is 0.127 e. The lowest BCUT2D eigenvalue weighted by atomic mass is 10.0. The molecular weight excluding hydrogens is 214 g/mol. The first kappa shape index (κ1) is 11.7. The molecule has 0 spiro atoms. The standard InChI is InChI=1S/C14H17NO2/c1-3-16-12-6-4-11(5-7-12)13(15)14-10(2)8-9-17-14/h4-9,13H,3,15H2,1-2H3. The third kappa shape index (κ3) is 2.50. The Morgan fingerprint density at radius 1 is 1.24 bits per heavy atom. The zero-order valence-electron chi connectivity index (χ0n) is 10.1. The van der Waals surface area contributed by atoms with Crippen molar-refractivity contribution >= 4 is 0 Å². The van der Waals surface area contributed by atoms with Crippen LogP contribution < -0.4 is 10.5 Å². The Morgan fingerprint density at radius 3 is 2.47 bits per heavy atom. The summed E-state index contributed by atoms with van der Waals surface area (Å²) >= 11 is 0. The Morgan fingerprint density at radius 2 is 1.94 bits per heavy atom. The maximum atomic E-state index is 6.15. The van der Waals surface area contributed by atoms with Crippen LogP contribution in [0.4, 0.5) is 0 Å². The number of rotatable bonds is 4. The van der Waals surface area contributed by atoms with Crippen LogP contribution in [0.15, 0.2) is 41.0 Å². The van der Waals surface area contributed by atoms with E-state index in [0.29, 0.717) is 6.61 Å². The lowest BCUT2D eigenvalue weighted by molar-refractivity contribution is 0.340. The Hall–Kier alpha value is -1.74. The van der Waals surface area contributed by atoms with Gasteiger partial charge in [0.25, 0.3) is 0 Å². The van der Waals surface area contributed by atoms with E-state index in [2.05, 4.69) is 0 Å². The van der Waals surface area contributed by atoms with Gasteiger partial charge in [0.05, 0.1) is 18.9 Å². The number of hydrogen-bond donors (Lipinski definition) is 1. The summed E-state index contributed by atoms with van der Waals surface area (Å²) in [6.07, 6.45) is 1.67. The van der Waals surface area contributed by atoms with Crippen LogP contribution >= 0.6 is 0 Å². The summed E-state index contributed by atoms with van der Waals surface area (Å²) in [4.78, 5) is 0. The molecule has 2 rings (SSSR count). The van der Waals surface area contributed by atoms with Crippen LogP contribution in [0.5, 0.6) is 5.75 Å². The van der Waals surface area contributed by atoms with Crippen molar-refractivity contribution in [1.29, 1.82) is 0 Å². The van der Waals surface area contributed by atoms with Gasteiger partial charge in [-0.05, 0) is 43.2 Å². The molecule has 1 unspecified atom stereocenters. The van der Waals surface area contributed by atoms with Crippen molar-refractivity contribution in [3.63, 3.8) is 0 Å². The third-order valence-corrected chi connectivity index (χ3v) is 2.73. The Kier molecular flexibility index (Phi) is 3.49. The second-order valence-electron chi connectivity index (χ2n) is 3.95. The van der Waals surface area contributed by atoms with Crippen molar-refractivity contribution < 1.29 is 9.15 Å². The van der Waals surface area contributed by atoms with Crippen molar-refractivity contribution in [3.05, 3.63) is 53.5 Å². The van der Waals surface area contributed by atoms with Gasteiger partial charge in [-0.1, -0.05) is 12.1 Å². The number of aryl methyl sites for hydroxylation is 1. The average Bonchev–Trinajstić information content (AvgIpc) is 2.76. The second-order valence-corrected chi connectivity index (χ2v) is 3.95. The number of furan rings is 1. The van der Waals surface area contributed by atoms with E-state index in [0.717, 1.165) is 22.6 Å². The van der Waals surface area contributed by atoms with Crippen molar-refractivity contribution in [2.24, 2.45) is 5.73 Å². The van der Waals surface area contributed by atoms with Crippen LogP contribution in [0, 0.1) is 6.92 Å². The van der Waals surface area contributed by atoms with Crippen LogP contribution in [0.1, 0.15) is 29.9 Å². The molecule has 1 heterocycles. The molecule has 90 valence electrons. The fourth-order valence-electron chi connectivity index (χ4n) is 1.79. The molecule has 0 amide bonds. The zero-order valence-corrected chi connectivity index (χ0v) is 10.1. The first-order chi connectivity index (χ1) is 8.22. The molecule has 1 atom stereocenters. The van der Waals surface area contributed by atoms with Crippen molar-refractivity contribution in [2.75, 3.05) is 6.61 Å². The number of hydrogen-bond acceptors (Lipinski definition) is 3. The third-order valence-electron chi connectivity index (χ3n) is 2.73. The van der Waals surface area contributed by atoms with E-state index in [9.17, 15) is 0 Å². The number of nitrogens with two attached hydrogens (primary N) is 1. The SMILES string of the molecule is CCOc1ccc(C(N)c2occc2C)cc1. The molecule has 0 bridgehead atoms. The van der Waals surface area contributed by atoms with Crippen molar-refractivity contribution in [1.82, 2.24) is 0 Å². The molecule has 0 saturated heterocycles. The lowest BCUT2D eigenvalue weighted by Gasteiger charge is -2.11. The first-order valence-electron chi connectivity index (χ1n) is 5.74. The van der Waals surface area contributed by atoms with Crippen LogP contribution in [0.3, 0.4) is 0 Å². The lowest BCUT2D eigenvalue weighted by Crippen LogP contribution is -2.11. The fraction of sp³-hybridized carbons (Fsp3) is 0.286. The highest BCUT2D eigenvalue weighted by Gasteiger charge is 2.14. The van der Waals surface area contributed by atoms with E-state index in [4.69, 9.17) is 14.9 Å². The molecule has 0 fully saturated rings. The summed E-state index contributed by atoms with van der Waals surface area (Å²) < 4.78 is 10.8. The summed E-state index contributed by atoms with van der Waals surface area (Å²) in [6, 6.07) is 9.49. The van der Waals surface area contributed by atoms with Crippen LogP contribution in [0.25, 0.3) is 0 Å². The monoisotopic (exact) mass is 231 g/mol. The van der Waals surface area contributed by atoms with E-state index in [1.165, 1.54) is 0 Å². The van der Waals surface area contributed by atoms with Gasteiger partial charge in [-0.25, -0.2) is 0 Å². The van der Waals surface area contributed by atoms with Gasteiger partial charge in [0.2, 0.25) is 0 Å². The molecule has 3 heteroatoms. The predicted octanol–water partition coefficient (Wildman–Crippen LogP) is 3.03. The minimum absolute atomic E-state index is 0.222. The van der Waals surface area contributed by atoms with Gasteiger partial charge in [0.1, 0.15) is 11.5 Å². The van der Waals surface area contributed by atoms with Gasteiger partial charge >= 0.3 is 0 Å². The Bertz CT molecular complexity index is 473. The molecule has 2 aromatic rings. The van der Waals surface area contributed by atoms with Crippen LogP contribution in [0.2, 0.25) is 0 Å². The largest absolute Gasteiger partial charge is 0.494 e. The van der Waals surface area contributed by atoms with Gasteiger partial charge in [-0.3, -0.25) is 0 Å². The normalized spacial score (nSPS) is 12.4. The van der Waals surface area contributed by atoms with Crippen LogP contribution in [-0.2, 0) is 0 Å². The van der Waals surface area contributed by atoms with E-state index in [-0.39, 0.29) is 6.04 Å². The summed E-state index contributed by atoms with van der Waals surface area (Å²) in [6.45, 7) is 4.63. The van der Waals surface area contributed by atoms with Gasteiger partial charge in [-0.2, -0.15) is 0 Å². The van der Waals surface area contributed by atoms with Gasteiger partial charge in [0, 0.05) is 0 Å². The second kappa shape index (κ2) is 5.06. The van der Waals surface area contributed by atoms with Crippen molar-refractivity contribution in [2.45, 2.75) is 19.9 Å². The van der Waals surface area contributed by atoms with E-state index >= 15 is 0 Å². The Labute approximate surface area is 101 Å². The minimum atomic E-state index is -0.222. The zero-order chi connectivity index (χ0) is 12.3. The number of ether oxygens (including phenoxy) is 1. The molecular formula is C14H17NO2. The van der Waals surface area contributed by atoms with E-state index in [1.54, 1.807) is 6.26 Å². The summed E-state index contributed by atoms with van der Waals surface area (Å²) in [5.41, 5.74) is 8.25. The van der Waals surface area contributed by atoms with Gasteiger partial charge in [0.15, 0.2) is 0 Å². The topological polar surface area (TPSA) is 48.4 Å². The van der Waals surface area contributed by atoms with Gasteiger partial charge < -0.3 is 14.9 Å². The predicted molar refractivity (Wildman–Crippen MR) is 67.1 cm³/mol. The molecule has 17 heavy (non-hydrogen) atoms. The van der Waals surface area contributed by atoms with Gasteiger partial charge in [-0.15, -0.1) is 0 Å². The quantitative estimate of drug-likeness (QED) is 0.879. The molecule has 2 N–H and O–H groups in total. The summed E-state index contributed by atoms with van der Waals surface area (Å²) in [5, 5.41) is 0. The molecule has 0 aliphatic rings. The fourth-order valence-corrected chi connectivity index (χ4v) is 1.79. The average molecular weight is 231 g/mol. The summed E-state index contributed by atoms with van der Waals surface area (Å²) in [5.74, 6) is 1.67. The smallest absolute Gasteiger partial charge is 0.127 e. The summed E-state index contributed by atoms with van der Waals surface area (Å²) in [7, 11) is 0. The Balaban J connectivity index is 2.20. The minimum Gasteiger partial charge on any atom is -0.494 e. The molecule has 0 radical (unpaired) electrons. The molecule has 1 aromatic carbocycles. The molecule has 3 nitrogen and oxygen atoms in total. The van der Waals surface area contributed by atoms with E-state index in [1.807, 2.05) is 44.2 Å². The van der Waals surface area contributed by atoms with Crippen molar-refractivity contribution in [3.8, 4) is 5.75 Å². The highest BCUT2D eigenvalue weighted by molar-refractivity contribution is 5.34. The highest BCUT2D eigenvalue weighted by atomic mass is 16.5. The highest BCUT2D eigenvalue weighted by Crippen LogP contribution is 2.24. The number of benzene rings is 1. The maximum absolute atomic E-state index is 6.15. The molecule has 0 saturated carbocycles. The molecule has 0 aliphatic carbocycles. The van der Waals surface area contributed by atoms with E-state index < -0.39 is 0 Å². The molecule has 1 aromatic heterocycles. The van der Waals surface area contributed by atoms with Crippen LogP contribution in [-0.4, -0.2) is 6.61 Å². The first-order valence-corrected chi connectivity index (χ1v) is 5.74. The molecule has 0 aliphatic heterocycles.